The maximum absolute atomic E-state index is 13.4. The fourth-order valence-corrected chi connectivity index (χ4v) is 5.34. The smallest absolute Gasteiger partial charge is 0.309 e. The number of aliphatic hydroxyl groups is 1. The summed E-state index contributed by atoms with van der Waals surface area (Å²) >= 11 is 0. The highest BCUT2D eigenvalue weighted by Gasteiger charge is 2.28. The minimum Gasteiger partial charge on any atom is -0.463 e. The Morgan fingerprint density at radius 3 is 2.46 bits per heavy atom. The summed E-state index contributed by atoms with van der Waals surface area (Å²) in [6.07, 6.45) is 12.3. The molecule has 0 radical (unpaired) electrons. The van der Waals surface area contributed by atoms with Crippen LogP contribution >= 0.6 is 0 Å². The van der Waals surface area contributed by atoms with E-state index in [1.54, 1.807) is 6.08 Å². The number of carbonyl (C=O) groups excluding carboxylic acids is 3. The molecule has 1 aliphatic carbocycles. The van der Waals surface area contributed by atoms with Crippen molar-refractivity contribution in [2.45, 2.75) is 76.7 Å². The van der Waals surface area contributed by atoms with Crippen molar-refractivity contribution in [3.8, 4) is 0 Å². The molecule has 2 amide bonds. The van der Waals surface area contributed by atoms with Crippen LogP contribution in [0.15, 0.2) is 55.6 Å². The van der Waals surface area contributed by atoms with Crippen LogP contribution in [-0.2, 0) is 30.3 Å². The maximum atomic E-state index is 13.4. The van der Waals surface area contributed by atoms with E-state index in [1.807, 2.05) is 36.4 Å². The number of hydrogen-bond donors (Lipinski definition) is 3. The Labute approximate surface area is 246 Å². The topological polar surface area (TPSA) is 114 Å². The summed E-state index contributed by atoms with van der Waals surface area (Å²) in [5.74, 6) is -1.15. The van der Waals surface area contributed by atoms with Crippen LogP contribution in [0.2, 0.25) is 0 Å². The largest absolute Gasteiger partial charge is 0.463 e. The zero-order valence-electron chi connectivity index (χ0n) is 24.6. The van der Waals surface area contributed by atoms with Crippen LogP contribution in [0.1, 0.15) is 69.8 Å². The van der Waals surface area contributed by atoms with Gasteiger partial charge in [0.1, 0.15) is 6.61 Å². The molecule has 8 heteroatoms. The van der Waals surface area contributed by atoms with Gasteiger partial charge in [-0.3, -0.25) is 14.4 Å². The number of nitrogens with one attached hydrogen (secondary N) is 2. The van der Waals surface area contributed by atoms with Gasteiger partial charge in [-0.25, -0.2) is 0 Å². The van der Waals surface area contributed by atoms with Crippen molar-refractivity contribution in [1.82, 2.24) is 10.6 Å². The number of aliphatic hydroxyl groups excluding tert-OH is 1. The predicted octanol–water partition coefficient (Wildman–Crippen LogP) is 4.52. The Kier molecular flexibility index (Phi) is 17.4. The van der Waals surface area contributed by atoms with Gasteiger partial charge in [0, 0.05) is 13.0 Å². The van der Waals surface area contributed by atoms with Gasteiger partial charge < -0.3 is 25.2 Å². The van der Waals surface area contributed by atoms with Crippen LogP contribution in [0, 0.1) is 17.8 Å². The number of rotatable bonds is 21. The van der Waals surface area contributed by atoms with Crippen LogP contribution in [0.4, 0.5) is 0 Å². The maximum Gasteiger partial charge on any atom is 0.309 e. The Hall–Kier alpha value is -2.97. The minimum absolute atomic E-state index is 0.0223. The second-order valence-electron chi connectivity index (χ2n) is 10.9. The molecule has 41 heavy (non-hydrogen) atoms. The van der Waals surface area contributed by atoms with Crippen LogP contribution in [-0.4, -0.2) is 61.9 Å². The van der Waals surface area contributed by atoms with Crippen molar-refractivity contribution < 1.29 is 29.0 Å². The Morgan fingerprint density at radius 1 is 1.02 bits per heavy atom. The van der Waals surface area contributed by atoms with Crippen molar-refractivity contribution in [2.75, 3.05) is 33.0 Å². The Morgan fingerprint density at radius 2 is 1.78 bits per heavy atom. The fourth-order valence-electron chi connectivity index (χ4n) is 5.34. The average Bonchev–Trinajstić information content (AvgIpc) is 2.98. The van der Waals surface area contributed by atoms with Crippen LogP contribution in [0.5, 0.6) is 0 Å². The monoisotopic (exact) mass is 570 g/mol. The summed E-state index contributed by atoms with van der Waals surface area (Å²) < 4.78 is 11.0. The molecular formula is C33H50N2O6. The first-order chi connectivity index (χ1) is 20.0. The van der Waals surface area contributed by atoms with Gasteiger partial charge in [-0.05, 0) is 43.6 Å². The summed E-state index contributed by atoms with van der Waals surface area (Å²) in [5, 5.41) is 14.7. The first-order valence-electron chi connectivity index (χ1n) is 15.1. The molecule has 3 atom stereocenters. The summed E-state index contributed by atoms with van der Waals surface area (Å²) in [6.45, 7) is 8.40. The lowest BCUT2D eigenvalue weighted by atomic mass is 9.84. The zero-order valence-corrected chi connectivity index (χ0v) is 24.6. The van der Waals surface area contributed by atoms with Gasteiger partial charge in [-0.2, -0.15) is 0 Å². The van der Waals surface area contributed by atoms with E-state index >= 15 is 0 Å². The molecule has 0 aliphatic heterocycles. The van der Waals surface area contributed by atoms with Crippen molar-refractivity contribution in [3.63, 3.8) is 0 Å². The Balaban J connectivity index is 2.01. The third-order valence-corrected chi connectivity index (χ3v) is 7.55. The summed E-state index contributed by atoms with van der Waals surface area (Å²) in [7, 11) is 0. The number of allylic oxidation sites excluding steroid dienone is 2. The average molecular weight is 571 g/mol. The number of esters is 1. The van der Waals surface area contributed by atoms with Crippen molar-refractivity contribution in [3.05, 3.63) is 61.2 Å². The molecule has 1 aromatic rings. The van der Waals surface area contributed by atoms with Crippen molar-refractivity contribution >= 4 is 17.8 Å². The van der Waals surface area contributed by atoms with E-state index in [2.05, 4.69) is 23.8 Å². The highest BCUT2D eigenvalue weighted by molar-refractivity contribution is 5.86. The van der Waals surface area contributed by atoms with E-state index in [4.69, 9.17) is 14.6 Å². The lowest BCUT2D eigenvalue weighted by Crippen LogP contribution is -2.44. The van der Waals surface area contributed by atoms with Gasteiger partial charge in [-0.1, -0.05) is 74.6 Å². The van der Waals surface area contributed by atoms with Gasteiger partial charge in [0.15, 0.2) is 0 Å². The quantitative estimate of drug-likeness (QED) is 0.114. The van der Waals surface area contributed by atoms with E-state index < -0.39 is 5.92 Å². The summed E-state index contributed by atoms with van der Waals surface area (Å²) in [6, 6.07) is 9.58. The van der Waals surface area contributed by atoms with E-state index in [0.717, 1.165) is 24.8 Å². The Bertz CT molecular complexity index is 916. The zero-order chi connectivity index (χ0) is 29.7. The van der Waals surface area contributed by atoms with Gasteiger partial charge >= 0.3 is 5.97 Å². The summed E-state index contributed by atoms with van der Waals surface area (Å²) in [4.78, 5) is 39.1. The predicted molar refractivity (Wildman–Crippen MR) is 161 cm³/mol. The van der Waals surface area contributed by atoms with Crippen LogP contribution in [0.3, 0.4) is 0 Å². The molecule has 0 heterocycles. The number of hydrogen-bond acceptors (Lipinski definition) is 6. The van der Waals surface area contributed by atoms with Crippen LogP contribution < -0.4 is 10.6 Å². The van der Waals surface area contributed by atoms with Crippen molar-refractivity contribution in [2.24, 2.45) is 17.8 Å². The first-order valence-corrected chi connectivity index (χ1v) is 15.1. The number of amides is 2. The van der Waals surface area contributed by atoms with Gasteiger partial charge in [-0.15, -0.1) is 13.2 Å². The molecular weight excluding hydrogens is 520 g/mol. The molecule has 0 spiro atoms. The highest BCUT2D eigenvalue weighted by Crippen LogP contribution is 2.28. The molecule has 2 rings (SSSR count). The van der Waals surface area contributed by atoms with E-state index in [1.165, 1.54) is 19.3 Å². The van der Waals surface area contributed by atoms with Crippen LogP contribution in [0.25, 0.3) is 0 Å². The summed E-state index contributed by atoms with van der Waals surface area (Å²) in [5.41, 5.74) is 1.08. The molecule has 1 aromatic carbocycles. The molecule has 0 aromatic heterocycles. The molecule has 0 saturated heterocycles. The molecule has 1 saturated carbocycles. The lowest BCUT2D eigenvalue weighted by molar-refractivity contribution is -0.150. The molecule has 8 nitrogen and oxygen atoms in total. The van der Waals surface area contributed by atoms with Crippen molar-refractivity contribution in [1.29, 1.82) is 0 Å². The number of carbonyl (C=O) groups is 3. The van der Waals surface area contributed by atoms with E-state index in [0.29, 0.717) is 38.1 Å². The van der Waals surface area contributed by atoms with Gasteiger partial charge in [0.05, 0.1) is 37.7 Å². The minimum atomic E-state index is -0.575. The van der Waals surface area contributed by atoms with Gasteiger partial charge in [0.2, 0.25) is 11.8 Å². The number of ether oxygens (including phenoxy) is 2. The van der Waals surface area contributed by atoms with Gasteiger partial charge in [0.25, 0.3) is 0 Å². The molecule has 3 unspecified atom stereocenters. The molecule has 3 N–H and O–H groups in total. The normalized spacial score (nSPS) is 15.7. The molecule has 1 aliphatic rings. The SMILES string of the molecule is C=CCCC(Cc1ccccc1)C(=O)OCC(CC1CCCCC1)NC(=O)C(CC=C)CC(=O)NCCOCCO. The van der Waals surface area contributed by atoms with E-state index in [-0.39, 0.29) is 62.6 Å². The first kappa shape index (κ1) is 34.2. The molecule has 1 fully saturated rings. The lowest BCUT2D eigenvalue weighted by Gasteiger charge is -2.28. The van der Waals surface area contributed by atoms with E-state index in [9.17, 15) is 14.4 Å². The third-order valence-electron chi connectivity index (χ3n) is 7.55. The number of benzene rings is 1. The molecule has 228 valence electrons. The second-order valence-corrected chi connectivity index (χ2v) is 10.9. The standard InChI is InChI=1S/C33H50N2O6/c1-3-5-17-29(22-26-13-8-6-9-14-26)33(39)41-25-30(23-27-15-10-7-11-16-27)35-32(38)28(12-4-2)24-31(37)34-18-20-40-21-19-36/h3-4,6,8-9,13-14,27-30,36H,1-2,5,7,10-12,15-25H2,(H,34,37)(H,35,38). The molecule has 0 bridgehead atoms. The second kappa shape index (κ2) is 20.8. The third kappa shape index (κ3) is 14.5. The fraction of sp³-hybridized carbons (Fsp3) is 0.606. The highest BCUT2D eigenvalue weighted by atomic mass is 16.5.